The van der Waals surface area contributed by atoms with E-state index in [-0.39, 0.29) is 5.75 Å². The van der Waals surface area contributed by atoms with Crippen LogP contribution in [0.1, 0.15) is 16.7 Å². The Hall–Kier alpha value is -3.05. The van der Waals surface area contributed by atoms with E-state index in [1.807, 2.05) is 31.2 Å². The molecular weight excluding hydrogens is 362 g/mol. The maximum absolute atomic E-state index is 10.3. The van der Waals surface area contributed by atoms with Crippen molar-refractivity contribution in [3.63, 3.8) is 0 Å². The number of oxazole rings is 1. The molecule has 4 aromatic rings. The molecule has 0 aliphatic carbocycles. The summed E-state index contributed by atoms with van der Waals surface area (Å²) in [4.78, 5) is 11.3. The van der Waals surface area contributed by atoms with Gasteiger partial charge in [-0.3, -0.25) is 0 Å². The number of rotatable bonds is 2. The zero-order valence-corrected chi connectivity index (χ0v) is 15.4. The molecule has 0 saturated heterocycles. The highest BCUT2D eigenvalue weighted by Gasteiger charge is 2.23. The molecule has 0 radical (unpaired) electrons. The van der Waals surface area contributed by atoms with Gasteiger partial charge in [0.2, 0.25) is 5.65 Å². The molecule has 134 valence electrons. The number of pyridine rings is 1. The van der Waals surface area contributed by atoms with Crippen molar-refractivity contribution in [2.45, 2.75) is 20.0 Å². The van der Waals surface area contributed by atoms with Crippen LogP contribution < -0.4 is 4.90 Å². The van der Waals surface area contributed by atoms with Gasteiger partial charge in [0.05, 0.1) is 5.69 Å². The number of aromatic nitrogens is 2. The first-order valence-electron chi connectivity index (χ1n) is 8.67. The van der Waals surface area contributed by atoms with E-state index >= 15 is 0 Å². The minimum absolute atomic E-state index is 0.102. The summed E-state index contributed by atoms with van der Waals surface area (Å²) in [7, 11) is 0. The number of aromatic hydroxyl groups is 1. The minimum Gasteiger partial charge on any atom is -0.507 e. The Labute approximate surface area is 160 Å². The molecule has 0 spiro atoms. The maximum atomic E-state index is 10.3. The number of phenolic OH excluding ortho intramolecular Hbond substituents is 1. The van der Waals surface area contributed by atoms with Gasteiger partial charge in [-0.2, -0.15) is 4.98 Å². The van der Waals surface area contributed by atoms with E-state index < -0.39 is 0 Å². The highest BCUT2D eigenvalue weighted by Crippen LogP contribution is 2.36. The molecule has 0 atom stereocenters. The number of nitrogens with zero attached hydrogens (tertiary/aromatic N) is 3. The van der Waals surface area contributed by atoms with Gasteiger partial charge in [0, 0.05) is 23.7 Å². The lowest BCUT2D eigenvalue weighted by molar-refractivity contribution is 0.477. The maximum Gasteiger partial charge on any atom is 0.300 e. The van der Waals surface area contributed by atoms with Crippen LogP contribution in [0.3, 0.4) is 0 Å². The normalized spacial score (nSPS) is 13.3. The Morgan fingerprint density at radius 3 is 2.48 bits per heavy atom. The standard InChI is InChI=1S/C21H16ClN3O2/c1-12-8-15(22)9-17(26)19(12)16-6-7-18-20(23-16)24-21(27-18)25-10-13-4-2-3-5-14(13)11-25/h2-9,26H,10-11H2,1H3. The summed E-state index contributed by atoms with van der Waals surface area (Å²) in [5.41, 5.74) is 5.86. The Morgan fingerprint density at radius 1 is 1.04 bits per heavy atom. The summed E-state index contributed by atoms with van der Waals surface area (Å²) in [6.45, 7) is 3.43. The van der Waals surface area contributed by atoms with Crippen LogP contribution >= 0.6 is 11.6 Å². The predicted octanol–water partition coefficient (Wildman–Crippen LogP) is 5.08. The lowest BCUT2D eigenvalue weighted by Crippen LogP contribution is -2.14. The van der Waals surface area contributed by atoms with Gasteiger partial charge in [0.15, 0.2) is 5.58 Å². The van der Waals surface area contributed by atoms with Crippen LogP contribution in [0.25, 0.3) is 22.5 Å². The van der Waals surface area contributed by atoms with Crippen molar-refractivity contribution in [3.05, 3.63) is 70.2 Å². The number of fused-ring (bicyclic) bond motifs is 2. The van der Waals surface area contributed by atoms with Crippen LogP contribution in [0.5, 0.6) is 5.75 Å². The highest BCUT2D eigenvalue weighted by molar-refractivity contribution is 6.31. The summed E-state index contributed by atoms with van der Waals surface area (Å²) < 4.78 is 5.92. The summed E-state index contributed by atoms with van der Waals surface area (Å²) >= 11 is 6.01. The Bertz CT molecular complexity index is 1140. The van der Waals surface area contributed by atoms with Crippen molar-refractivity contribution in [3.8, 4) is 17.0 Å². The molecule has 5 nitrogen and oxygen atoms in total. The summed E-state index contributed by atoms with van der Waals surface area (Å²) in [6.07, 6.45) is 0. The molecule has 27 heavy (non-hydrogen) atoms. The van der Waals surface area contributed by atoms with Crippen molar-refractivity contribution in [1.82, 2.24) is 9.97 Å². The molecule has 0 saturated carbocycles. The molecular formula is C21H16ClN3O2. The van der Waals surface area contributed by atoms with Gasteiger partial charge in [0.1, 0.15) is 5.75 Å². The van der Waals surface area contributed by atoms with Crippen LogP contribution in [0.2, 0.25) is 5.02 Å². The molecule has 1 N–H and O–H groups in total. The molecule has 0 fully saturated rings. The van der Waals surface area contributed by atoms with Crippen molar-refractivity contribution in [2.24, 2.45) is 0 Å². The molecule has 5 rings (SSSR count). The summed E-state index contributed by atoms with van der Waals surface area (Å²) in [5, 5.41) is 10.8. The van der Waals surface area contributed by atoms with Crippen LogP contribution in [0, 0.1) is 6.92 Å². The second kappa shape index (κ2) is 5.99. The van der Waals surface area contributed by atoms with Crippen LogP contribution in [0.4, 0.5) is 6.01 Å². The van der Waals surface area contributed by atoms with Crippen molar-refractivity contribution < 1.29 is 9.52 Å². The number of hydrogen-bond acceptors (Lipinski definition) is 5. The van der Waals surface area contributed by atoms with E-state index in [0.717, 1.165) is 18.7 Å². The second-order valence-electron chi connectivity index (χ2n) is 6.76. The number of hydrogen-bond donors (Lipinski definition) is 1. The first-order valence-corrected chi connectivity index (χ1v) is 9.05. The van der Waals surface area contributed by atoms with Gasteiger partial charge in [-0.15, -0.1) is 0 Å². The third kappa shape index (κ3) is 2.71. The van der Waals surface area contributed by atoms with Crippen LogP contribution in [-0.4, -0.2) is 15.1 Å². The zero-order chi connectivity index (χ0) is 18.5. The molecule has 6 heteroatoms. The fraction of sp³-hybridized carbons (Fsp3) is 0.143. The Morgan fingerprint density at radius 2 is 1.78 bits per heavy atom. The third-order valence-corrected chi connectivity index (χ3v) is 5.11. The highest BCUT2D eigenvalue weighted by atomic mass is 35.5. The van der Waals surface area contributed by atoms with Gasteiger partial charge < -0.3 is 14.4 Å². The Kier molecular flexibility index (Phi) is 3.58. The smallest absolute Gasteiger partial charge is 0.300 e. The SMILES string of the molecule is Cc1cc(Cl)cc(O)c1-c1ccc2oc(N3Cc4ccccc4C3)nc2n1. The number of aryl methyl sites for hydroxylation is 1. The quantitative estimate of drug-likeness (QED) is 0.528. The van der Waals surface area contributed by atoms with E-state index in [1.165, 1.54) is 17.2 Å². The van der Waals surface area contributed by atoms with Gasteiger partial charge in [-0.1, -0.05) is 35.9 Å². The van der Waals surface area contributed by atoms with Crippen molar-refractivity contribution >= 4 is 28.8 Å². The molecule has 1 aliphatic heterocycles. The molecule has 2 aromatic heterocycles. The van der Waals surface area contributed by atoms with E-state index in [2.05, 4.69) is 27.0 Å². The monoisotopic (exact) mass is 377 g/mol. The third-order valence-electron chi connectivity index (χ3n) is 4.89. The number of benzene rings is 2. The first kappa shape index (κ1) is 16.1. The fourth-order valence-corrected chi connectivity index (χ4v) is 3.88. The van der Waals surface area contributed by atoms with Gasteiger partial charge >= 0.3 is 6.01 Å². The lowest BCUT2D eigenvalue weighted by Gasteiger charge is -2.10. The van der Waals surface area contributed by atoms with E-state index in [0.29, 0.717) is 33.5 Å². The molecule has 0 unspecified atom stereocenters. The largest absolute Gasteiger partial charge is 0.507 e. The molecule has 0 bridgehead atoms. The topological polar surface area (TPSA) is 62.4 Å². The molecule has 0 amide bonds. The second-order valence-corrected chi connectivity index (χ2v) is 7.19. The lowest BCUT2D eigenvalue weighted by atomic mass is 10.0. The number of anilines is 1. The van der Waals surface area contributed by atoms with Gasteiger partial charge in [-0.25, -0.2) is 4.98 Å². The van der Waals surface area contributed by atoms with Crippen LogP contribution in [0.15, 0.2) is 52.9 Å². The van der Waals surface area contributed by atoms with E-state index in [1.54, 1.807) is 6.07 Å². The molecule has 2 aromatic carbocycles. The molecule has 3 heterocycles. The first-order chi connectivity index (χ1) is 13.1. The number of phenols is 1. The van der Waals surface area contributed by atoms with Crippen molar-refractivity contribution in [2.75, 3.05) is 4.90 Å². The van der Waals surface area contributed by atoms with Crippen molar-refractivity contribution in [1.29, 1.82) is 0 Å². The zero-order valence-electron chi connectivity index (χ0n) is 14.6. The summed E-state index contributed by atoms with van der Waals surface area (Å²) in [5.74, 6) is 0.102. The molecule has 1 aliphatic rings. The average molecular weight is 378 g/mol. The van der Waals surface area contributed by atoms with Crippen LogP contribution in [-0.2, 0) is 13.1 Å². The average Bonchev–Trinajstić information content (AvgIpc) is 3.24. The minimum atomic E-state index is 0.102. The number of halogens is 1. The van der Waals surface area contributed by atoms with E-state index in [4.69, 9.17) is 16.0 Å². The summed E-state index contributed by atoms with van der Waals surface area (Å²) in [6, 6.07) is 15.9. The fourth-order valence-electron chi connectivity index (χ4n) is 3.61. The van der Waals surface area contributed by atoms with E-state index in [9.17, 15) is 5.11 Å². The Balaban J connectivity index is 1.53. The van der Waals surface area contributed by atoms with Gasteiger partial charge in [-0.05, 0) is 47.9 Å². The predicted molar refractivity (Wildman–Crippen MR) is 105 cm³/mol. The van der Waals surface area contributed by atoms with Gasteiger partial charge in [0.25, 0.3) is 0 Å².